The molecule has 112 valence electrons. The highest BCUT2D eigenvalue weighted by atomic mass is 35.5. The van der Waals surface area contributed by atoms with Crippen molar-refractivity contribution in [3.8, 4) is 0 Å². The molecule has 0 saturated heterocycles. The van der Waals surface area contributed by atoms with Crippen LogP contribution < -0.4 is 0 Å². The number of aryl methyl sites for hydroxylation is 1. The molecule has 1 heterocycles. The predicted molar refractivity (Wildman–Crippen MR) is 82.8 cm³/mol. The van der Waals surface area contributed by atoms with Gasteiger partial charge in [0, 0.05) is 5.02 Å². The SMILES string of the molecule is Cc1cc(Cl)ccc1CCON1C(=O)c2ccccc2C1=O. The summed E-state index contributed by atoms with van der Waals surface area (Å²) >= 11 is 5.92. The summed E-state index contributed by atoms with van der Waals surface area (Å²) in [6.45, 7) is 2.21. The van der Waals surface area contributed by atoms with Crippen LogP contribution in [0.1, 0.15) is 31.8 Å². The quantitative estimate of drug-likeness (QED) is 0.812. The Bertz CT molecular complexity index is 722. The van der Waals surface area contributed by atoms with Gasteiger partial charge in [0.25, 0.3) is 11.8 Å². The van der Waals surface area contributed by atoms with Crippen molar-refractivity contribution >= 4 is 23.4 Å². The van der Waals surface area contributed by atoms with Crippen LogP contribution in [0.25, 0.3) is 0 Å². The van der Waals surface area contributed by atoms with E-state index in [1.165, 1.54) is 0 Å². The fourth-order valence-corrected chi connectivity index (χ4v) is 2.70. The maximum Gasteiger partial charge on any atom is 0.285 e. The van der Waals surface area contributed by atoms with Gasteiger partial charge in [-0.2, -0.15) is 0 Å². The second-order valence-electron chi connectivity index (χ2n) is 5.10. The Morgan fingerprint density at radius 3 is 2.27 bits per heavy atom. The van der Waals surface area contributed by atoms with Crippen molar-refractivity contribution in [1.82, 2.24) is 5.06 Å². The summed E-state index contributed by atoms with van der Waals surface area (Å²) in [6.07, 6.45) is 0.594. The summed E-state index contributed by atoms with van der Waals surface area (Å²) in [7, 11) is 0. The Morgan fingerprint density at radius 2 is 1.68 bits per heavy atom. The molecular weight excluding hydrogens is 302 g/mol. The smallest absolute Gasteiger partial charge is 0.266 e. The third-order valence-electron chi connectivity index (χ3n) is 3.65. The lowest BCUT2D eigenvalue weighted by Gasteiger charge is -2.14. The molecule has 0 atom stereocenters. The summed E-state index contributed by atoms with van der Waals surface area (Å²) in [4.78, 5) is 29.6. The molecule has 0 spiro atoms. The number of imide groups is 1. The zero-order valence-electron chi connectivity index (χ0n) is 12.0. The van der Waals surface area contributed by atoms with E-state index >= 15 is 0 Å². The van der Waals surface area contributed by atoms with Crippen LogP contribution in [0.5, 0.6) is 0 Å². The van der Waals surface area contributed by atoms with Crippen LogP contribution in [-0.2, 0) is 11.3 Å². The molecule has 0 N–H and O–H groups in total. The van der Waals surface area contributed by atoms with Crippen molar-refractivity contribution in [3.63, 3.8) is 0 Å². The van der Waals surface area contributed by atoms with E-state index in [-0.39, 0.29) is 6.61 Å². The van der Waals surface area contributed by atoms with E-state index in [1.54, 1.807) is 24.3 Å². The minimum Gasteiger partial charge on any atom is -0.266 e. The van der Waals surface area contributed by atoms with E-state index < -0.39 is 11.8 Å². The molecule has 4 nitrogen and oxygen atoms in total. The predicted octanol–water partition coefficient (Wildman–Crippen LogP) is 3.42. The number of hydrogen-bond acceptors (Lipinski definition) is 3. The number of carbonyl (C=O) groups is 2. The van der Waals surface area contributed by atoms with Gasteiger partial charge in [-0.15, -0.1) is 5.06 Å². The maximum atomic E-state index is 12.1. The standard InChI is InChI=1S/C17H14ClNO3/c1-11-10-13(18)7-6-12(11)8-9-22-19-16(20)14-4-2-3-5-15(14)17(19)21/h2-7,10H,8-9H2,1H3. The number of fused-ring (bicyclic) bond motifs is 1. The minimum atomic E-state index is -0.409. The van der Waals surface area contributed by atoms with Gasteiger partial charge in [-0.25, -0.2) is 0 Å². The maximum absolute atomic E-state index is 12.1. The molecule has 0 aliphatic carbocycles. The Morgan fingerprint density at radius 1 is 1.05 bits per heavy atom. The molecule has 22 heavy (non-hydrogen) atoms. The fraction of sp³-hybridized carbons (Fsp3) is 0.176. The first kappa shape index (κ1) is 14.8. The van der Waals surface area contributed by atoms with E-state index in [9.17, 15) is 9.59 Å². The number of rotatable bonds is 4. The Labute approximate surface area is 133 Å². The average Bonchev–Trinajstić information content (AvgIpc) is 2.75. The largest absolute Gasteiger partial charge is 0.285 e. The third-order valence-corrected chi connectivity index (χ3v) is 3.89. The lowest BCUT2D eigenvalue weighted by molar-refractivity contribution is -0.0902. The van der Waals surface area contributed by atoms with Crippen molar-refractivity contribution in [2.45, 2.75) is 13.3 Å². The highest BCUT2D eigenvalue weighted by molar-refractivity contribution is 6.30. The summed E-state index contributed by atoms with van der Waals surface area (Å²) in [5, 5.41) is 1.53. The van der Waals surface area contributed by atoms with Gasteiger partial charge < -0.3 is 0 Å². The van der Waals surface area contributed by atoms with E-state index in [2.05, 4.69) is 0 Å². The Balaban J connectivity index is 1.66. The number of hydroxylamine groups is 2. The van der Waals surface area contributed by atoms with E-state index in [0.717, 1.165) is 16.2 Å². The summed E-state index contributed by atoms with van der Waals surface area (Å²) in [6, 6.07) is 12.3. The number of halogens is 1. The second kappa shape index (κ2) is 5.91. The zero-order chi connectivity index (χ0) is 15.7. The van der Waals surface area contributed by atoms with Crippen molar-refractivity contribution in [1.29, 1.82) is 0 Å². The monoisotopic (exact) mass is 315 g/mol. The molecule has 3 rings (SSSR count). The average molecular weight is 316 g/mol. The number of amides is 2. The van der Waals surface area contributed by atoms with Gasteiger partial charge in [-0.05, 0) is 48.7 Å². The number of nitrogens with zero attached hydrogens (tertiary/aromatic N) is 1. The lowest BCUT2D eigenvalue weighted by Crippen LogP contribution is -2.30. The zero-order valence-corrected chi connectivity index (χ0v) is 12.8. The second-order valence-corrected chi connectivity index (χ2v) is 5.54. The van der Waals surface area contributed by atoms with Crippen molar-refractivity contribution in [3.05, 3.63) is 69.7 Å². The van der Waals surface area contributed by atoms with Crippen LogP contribution in [-0.4, -0.2) is 23.5 Å². The van der Waals surface area contributed by atoms with Gasteiger partial charge in [-0.3, -0.25) is 14.4 Å². The highest BCUT2D eigenvalue weighted by Gasteiger charge is 2.36. The number of hydrogen-bond donors (Lipinski definition) is 0. The summed E-state index contributed by atoms with van der Waals surface area (Å²) in [5.41, 5.74) is 2.89. The van der Waals surface area contributed by atoms with Gasteiger partial charge in [0.05, 0.1) is 17.7 Å². The van der Waals surface area contributed by atoms with Crippen LogP contribution in [0.15, 0.2) is 42.5 Å². The number of carbonyl (C=O) groups excluding carboxylic acids is 2. The molecule has 0 fully saturated rings. The molecule has 5 heteroatoms. The molecule has 0 radical (unpaired) electrons. The van der Waals surface area contributed by atoms with E-state index in [4.69, 9.17) is 16.4 Å². The topological polar surface area (TPSA) is 46.6 Å². The van der Waals surface area contributed by atoms with Gasteiger partial charge in [0.1, 0.15) is 0 Å². The van der Waals surface area contributed by atoms with E-state index in [0.29, 0.717) is 22.6 Å². The molecule has 2 aromatic carbocycles. The van der Waals surface area contributed by atoms with Gasteiger partial charge in [0.15, 0.2) is 0 Å². The Kier molecular flexibility index (Phi) is 3.96. The summed E-state index contributed by atoms with van der Waals surface area (Å²) < 4.78 is 0. The van der Waals surface area contributed by atoms with Crippen molar-refractivity contribution in [2.24, 2.45) is 0 Å². The molecule has 2 amide bonds. The molecule has 1 aliphatic heterocycles. The molecule has 1 aliphatic rings. The highest BCUT2D eigenvalue weighted by Crippen LogP contribution is 2.23. The molecular formula is C17H14ClNO3. The Hall–Kier alpha value is -2.17. The van der Waals surface area contributed by atoms with Crippen LogP contribution in [0.3, 0.4) is 0 Å². The minimum absolute atomic E-state index is 0.244. The normalized spacial score (nSPS) is 13.6. The molecule has 2 aromatic rings. The van der Waals surface area contributed by atoms with Gasteiger partial charge in [-0.1, -0.05) is 29.8 Å². The van der Waals surface area contributed by atoms with Crippen LogP contribution >= 0.6 is 11.6 Å². The number of benzene rings is 2. The van der Waals surface area contributed by atoms with Crippen LogP contribution in [0.2, 0.25) is 5.02 Å². The lowest BCUT2D eigenvalue weighted by atomic mass is 10.1. The molecule has 0 unspecified atom stereocenters. The van der Waals surface area contributed by atoms with Crippen LogP contribution in [0.4, 0.5) is 0 Å². The fourth-order valence-electron chi connectivity index (χ4n) is 2.47. The molecule has 0 saturated carbocycles. The van der Waals surface area contributed by atoms with Gasteiger partial charge in [0.2, 0.25) is 0 Å². The first-order valence-corrected chi connectivity index (χ1v) is 7.31. The van der Waals surface area contributed by atoms with Gasteiger partial charge >= 0.3 is 0 Å². The first-order chi connectivity index (χ1) is 10.6. The van der Waals surface area contributed by atoms with Crippen molar-refractivity contribution in [2.75, 3.05) is 6.61 Å². The molecule has 0 aromatic heterocycles. The molecule has 0 bridgehead atoms. The van der Waals surface area contributed by atoms with Crippen LogP contribution in [0, 0.1) is 6.92 Å². The first-order valence-electron chi connectivity index (χ1n) is 6.93. The third kappa shape index (κ3) is 2.63. The van der Waals surface area contributed by atoms with Crippen molar-refractivity contribution < 1.29 is 14.4 Å². The summed E-state index contributed by atoms with van der Waals surface area (Å²) in [5.74, 6) is -0.818. The van der Waals surface area contributed by atoms with E-state index in [1.807, 2.05) is 25.1 Å².